The van der Waals surface area contributed by atoms with Gasteiger partial charge in [0.25, 0.3) is 0 Å². The third kappa shape index (κ3) is 6.67. The molecular weight excluding hydrogens is 536 g/mol. The van der Waals surface area contributed by atoms with E-state index in [2.05, 4.69) is 28.9 Å². The third-order valence-electron chi connectivity index (χ3n) is 7.09. The minimum atomic E-state index is -1.82. The van der Waals surface area contributed by atoms with Crippen LogP contribution in [0.4, 0.5) is 0 Å². The Bertz CT molecular complexity index is 1450. The van der Waals surface area contributed by atoms with Gasteiger partial charge >= 0.3 is 11.9 Å². The Morgan fingerprint density at radius 1 is 1.07 bits per heavy atom. The maximum Gasteiger partial charge on any atom is 0.414 e. The van der Waals surface area contributed by atoms with E-state index in [1.165, 1.54) is 9.58 Å². The number of aliphatic hydroxyl groups is 1. The van der Waals surface area contributed by atoms with Gasteiger partial charge in [0.05, 0.1) is 14.2 Å². The lowest BCUT2D eigenvalue weighted by Gasteiger charge is -2.38. The summed E-state index contributed by atoms with van der Waals surface area (Å²) in [7, 11) is 3.37. The summed E-state index contributed by atoms with van der Waals surface area (Å²) in [5, 5.41) is 27.6. The van der Waals surface area contributed by atoms with Crippen LogP contribution in [0.15, 0.2) is 48.7 Å². The third-order valence-corrected chi connectivity index (χ3v) is 8.35. The molecule has 10 nitrogen and oxygen atoms in total. The lowest BCUT2D eigenvalue weighted by Crippen LogP contribution is -2.45. The van der Waals surface area contributed by atoms with E-state index < -0.39 is 18.0 Å². The highest BCUT2D eigenvalue weighted by Gasteiger charge is 2.29. The summed E-state index contributed by atoms with van der Waals surface area (Å²) in [5.74, 6) is -0.747. The summed E-state index contributed by atoms with van der Waals surface area (Å²) in [6.07, 6.45) is 3.52. The molecular formula is C29H34N2O8S. The maximum atomic E-state index is 10.7. The van der Waals surface area contributed by atoms with Crippen LogP contribution in [0.5, 0.6) is 17.2 Å². The molecule has 3 atom stereocenters. The number of carboxylic acid groups (broad SMARTS) is 2. The number of carbonyl (C=O) groups is 2. The second-order valence-electron chi connectivity index (χ2n) is 9.70. The smallest absolute Gasteiger partial charge is 0.414 e. The van der Waals surface area contributed by atoms with E-state index in [0.717, 1.165) is 52.9 Å². The van der Waals surface area contributed by atoms with Crippen LogP contribution in [0, 0.1) is 0 Å². The Labute approximate surface area is 235 Å². The number of aromatic amines is 1. The molecule has 4 aromatic rings. The number of nitrogens with zero attached hydrogens (tertiary/aromatic N) is 1. The molecule has 214 valence electrons. The molecule has 4 N–H and O–H groups in total. The summed E-state index contributed by atoms with van der Waals surface area (Å²) in [6.45, 7) is 4.13. The molecule has 0 spiro atoms. The van der Waals surface area contributed by atoms with Gasteiger partial charge < -0.3 is 34.5 Å². The zero-order chi connectivity index (χ0) is 28.8. The van der Waals surface area contributed by atoms with Crippen molar-refractivity contribution in [2.45, 2.75) is 37.8 Å². The first kappa shape index (κ1) is 29.2. The second-order valence-corrected chi connectivity index (χ2v) is 10.8. The first-order valence-corrected chi connectivity index (χ1v) is 13.7. The minimum absolute atomic E-state index is 0.287. The van der Waals surface area contributed by atoms with Gasteiger partial charge in [-0.3, -0.25) is 4.90 Å². The number of carboxylic acids is 2. The number of aliphatic carboxylic acids is 2. The monoisotopic (exact) mass is 570 g/mol. The fourth-order valence-electron chi connectivity index (χ4n) is 5.10. The topological polar surface area (TPSA) is 142 Å². The number of aromatic nitrogens is 1. The molecule has 40 heavy (non-hydrogen) atoms. The molecule has 0 bridgehead atoms. The Morgan fingerprint density at radius 3 is 2.52 bits per heavy atom. The van der Waals surface area contributed by atoms with Crippen molar-refractivity contribution in [2.24, 2.45) is 0 Å². The standard InChI is InChI=1S/C27H32N2O4S.C2H2O4/c1-17-13-18(26-14-21-25(34-26)8-7-24(31-2)27(21)32-3)10-12-29(17)15-19(30)16-33-23-6-4-5-22-20(23)9-11-28-22;3-1(4)2(5)6/h4-9,11,14,17-19,28,30H,10,12-13,15-16H2,1-3H3;(H,3,4)(H,5,6)/t17-,18+,19+;/m1./s1. The molecule has 5 rings (SSSR count). The lowest BCUT2D eigenvalue weighted by atomic mass is 9.90. The largest absolute Gasteiger partial charge is 0.493 e. The summed E-state index contributed by atoms with van der Waals surface area (Å²) >= 11 is 1.85. The Morgan fingerprint density at radius 2 is 1.85 bits per heavy atom. The van der Waals surface area contributed by atoms with Gasteiger partial charge in [-0.2, -0.15) is 0 Å². The number of rotatable bonds is 8. The van der Waals surface area contributed by atoms with E-state index in [0.29, 0.717) is 18.5 Å². The molecule has 1 aliphatic heterocycles. The lowest BCUT2D eigenvalue weighted by molar-refractivity contribution is -0.159. The molecule has 0 radical (unpaired) electrons. The minimum Gasteiger partial charge on any atom is -0.493 e. The van der Waals surface area contributed by atoms with E-state index in [-0.39, 0.29) is 6.61 Å². The Hall–Kier alpha value is -3.80. The SMILES string of the molecule is COc1ccc2sc([C@H]3CCN(C[C@H](O)COc4cccc5[nH]ccc45)[C@H](C)C3)cc2c1OC.O=C(O)C(=O)O. The highest BCUT2D eigenvalue weighted by atomic mass is 32.1. The average Bonchev–Trinajstić information content (AvgIpc) is 3.60. The molecule has 0 amide bonds. The summed E-state index contributed by atoms with van der Waals surface area (Å²) < 4.78 is 18.3. The van der Waals surface area contributed by atoms with E-state index in [9.17, 15) is 5.11 Å². The number of thiophene rings is 1. The fourth-order valence-corrected chi connectivity index (χ4v) is 6.31. The van der Waals surface area contributed by atoms with Crippen LogP contribution in [-0.4, -0.2) is 83.2 Å². The van der Waals surface area contributed by atoms with Crippen molar-refractivity contribution in [1.29, 1.82) is 0 Å². The molecule has 0 unspecified atom stereocenters. The molecule has 1 aliphatic rings. The number of ether oxygens (including phenoxy) is 3. The van der Waals surface area contributed by atoms with Crippen molar-refractivity contribution in [2.75, 3.05) is 33.9 Å². The Balaban J connectivity index is 0.000000557. The first-order chi connectivity index (χ1) is 19.2. The molecule has 2 aromatic carbocycles. The van der Waals surface area contributed by atoms with Crippen LogP contribution >= 0.6 is 11.3 Å². The molecule has 0 saturated carbocycles. The molecule has 1 fully saturated rings. The normalized spacial score (nSPS) is 18.1. The number of β-amino-alcohol motifs (C(OH)–C–C–N with tert-alkyl or cyclic N) is 1. The molecule has 0 aliphatic carbocycles. The van der Waals surface area contributed by atoms with E-state index in [1.807, 2.05) is 47.9 Å². The van der Waals surface area contributed by atoms with Gasteiger partial charge in [-0.15, -0.1) is 11.3 Å². The molecule has 2 aromatic heterocycles. The van der Waals surface area contributed by atoms with Crippen LogP contribution in [0.1, 0.15) is 30.6 Å². The highest BCUT2D eigenvalue weighted by Crippen LogP contribution is 2.44. The van der Waals surface area contributed by atoms with Crippen LogP contribution in [0.2, 0.25) is 0 Å². The predicted octanol–water partition coefficient (Wildman–Crippen LogP) is 4.56. The van der Waals surface area contributed by atoms with Gasteiger partial charge in [-0.05, 0) is 68.6 Å². The quantitative estimate of drug-likeness (QED) is 0.224. The number of piperidine rings is 1. The van der Waals surface area contributed by atoms with Crippen molar-refractivity contribution in [3.05, 3.63) is 53.5 Å². The van der Waals surface area contributed by atoms with Crippen molar-refractivity contribution < 1.29 is 39.1 Å². The summed E-state index contributed by atoms with van der Waals surface area (Å²) in [6, 6.07) is 14.7. The summed E-state index contributed by atoms with van der Waals surface area (Å²) in [4.78, 5) is 25.2. The summed E-state index contributed by atoms with van der Waals surface area (Å²) in [5.41, 5.74) is 1.04. The van der Waals surface area contributed by atoms with E-state index >= 15 is 0 Å². The van der Waals surface area contributed by atoms with Gasteiger partial charge in [-0.25, -0.2) is 9.59 Å². The number of nitrogens with one attached hydrogen (secondary N) is 1. The van der Waals surface area contributed by atoms with Crippen molar-refractivity contribution in [3.8, 4) is 17.2 Å². The predicted molar refractivity (Wildman–Crippen MR) is 153 cm³/mol. The average molecular weight is 571 g/mol. The number of fused-ring (bicyclic) bond motifs is 2. The molecule has 3 heterocycles. The van der Waals surface area contributed by atoms with Crippen LogP contribution in [-0.2, 0) is 9.59 Å². The second kappa shape index (κ2) is 13.0. The number of aliphatic hydroxyl groups excluding tert-OH is 1. The Kier molecular flexibility index (Phi) is 9.51. The van der Waals surface area contributed by atoms with Crippen molar-refractivity contribution >= 4 is 44.3 Å². The van der Waals surface area contributed by atoms with Gasteiger partial charge in [0.1, 0.15) is 18.5 Å². The maximum absolute atomic E-state index is 10.7. The van der Waals surface area contributed by atoms with Crippen LogP contribution in [0.25, 0.3) is 21.0 Å². The van der Waals surface area contributed by atoms with Gasteiger partial charge in [-0.1, -0.05) is 6.07 Å². The van der Waals surface area contributed by atoms with Gasteiger partial charge in [0.2, 0.25) is 0 Å². The van der Waals surface area contributed by atoms with Crippen LogP contribution in [0.3, 0.4) is 0 Å². The highest BCUT2D eigenvalue weighted by molar-refractivity contribution is 7.19. The van der Waals surface area contributed by atoms with Crippen molar-refractivity contribution in [1.82, 2.24) is 9.88 Å². The number of benzene rings is 2. The number of H-pyrrole nitrogens is 1. The number of methoxy groups -OCH3 is 2. The number of hydrogen-bond donors (Lipinski definition) is 4. The molecule has 11 heteroatoms. The number of hydrogen-bond acceptors (Lipinski definition) is 8. The first-order valence-electron chi connectivity index (χ1n) is 12.9. The van der Waals surface area contributed by atoms with Gasteiger partial charge in [0, 0.05) is 44.6 Å². The van der Waals surface area contributed by atoms with E-state index in [1.54, 1.807) is 14.2 Å². The zero-order valence-electron chi connectivity index (χ0n) is 22.6. The zero-order valence-corrected chi connectivity index (χ0v) is 23.4. The molecule has 1 saturated heterocycles. The van der Waals surface area contributed by atoms with Crippen LogP contribution < -0.4 is 14.2 Å². The van der Waals surface area contributed by atoms with Crippen molar-refractivity contribution in [3.63, 3.8) is 0 Å². The number of likely N-dealkylation sites (tertiary alicyclic amines) is 1. The van der Waals surface area contributed by atoms with Gasteiger partial charge in [0.15, 0.2) is 11.5 Å². The van der Waals surface area contributed by atoms with E-state index in [4.69, 9.17) is 34.0 Å². The fraction of sp³-hybridized carbons (Fsp3) is 0.379.